The maximum atomic E-state index is 5.65. The zero-order chi connectivity index (χ0) is 11.8. The molecule has 0 amide bonds. The van der Waals surface area contributed by atoms with E-state index in [1.807, 2.05) is 31.2 Å². The Kier molecular flexibility index (Phi) is 2.30. The van der Waals surface area contributed by atoms with E-state index in [0.717, 1.165) is 27.2 Å². The Bertz CT molecular complexity index is 688. The molecule has 4 heteroatoms. The van der Waals surface area contributed by atoms with Gasteiger partial charge in [-0.25, -0.2) is 9.97 Å². The summed E-state index contributed by atoms with van der Waals surface area (Å²) in [4.78, 5) is 8.75. The Hall–Kier alpha value is -1.94. The quantitative estimate of drug-likeness (QED) is 0.711. The third-order valence-electron chi connectivity index (χ3n) is 2.63. The van der Waals surface area contributed by atoms with E-state index in [4.69, 9.17) is 5.73 Å². The highest BCUT2D eigenvalue weighted by molar-refractivity contribution is 7.09. The fourth-order valence-electron chi connectivity index (χ4n) is 1.80. The number of benzene rings is 1. The predicted octanol–water partition coefficient (Wildman–Crippen LogP) is 3.25. The van der Waals surface area contributed by atoms with Crippen LogP contribution in [0.4, 0.5) is 5.82 Å². The average Bonchev–Trinajstić information content (AvgIpc) is 2.75. The van der Waals surface area contributed by atoms with Crippen molar-refractivity contribution in [1.29, 1.82) is 0 Å². The predicted molar refractivity (Wildman–Crippen MR) is 72.0 cm³/mol. The highest BCUT2D eigenvalue weighted by Crippen LogP contribution is 2.25. The number of nitrogens with two attached hydrogens (primary N) is 1. The molecule has 3 nitrogen and oxygen atoms in total. The Labute approximate surface area is 103 Å². The van der Waals surface area contributed by atoms with Crippen LogP contribution in [0.25, 0.3) is 22.2 Å². The summed E-state index contributed by atoms with van der Waals surface area (Å²) in [5, 5.41) is 4.24. The third kappa shape index (κ3) is 1.87. The number of fused-ring (bicyclic) bond motifs is 1. The second-order valence-electron chi connectivity index (χ2n) is 3.90. The first kappa shape index (κ1) is 10.2. The molecule has 1 aromatic carbocycles. The van der Waals surface area contributed by atoms with Crippen molar-refractivity contribution >= 4 is 28.1 Å². The first-order chi connectivity index (χ1) is 8.22. The first-order valence-electron chi connectivity index (χ1n) is 5.31. The first-order valence-corrected chi connectivity index (χ1v) is 6.19. The molecule has 0 spiro atoms. The fraction of sp³-hybridized carbons (Fsp3) is 0.0769. The summed E-state index contributed by atoms with van der Waals surface area (Å²) >= 11 is 1.66. The Balaban J connectivity index is 2.16. The van der Waals surface area contributed by atoms with Crippen molar-refractivity contribution in [2.24, 2.45) is 0 Å². The molecular formula is C13H11N3S. The van der Waals surface area contributed by atoms with E-state index in [0.29, 0.717) is 5.82 Å². The summed E-state index contributed by atoms with van der Waals surface area (Å²) < 4.78 is 0. The average molecular weight is 241 g/mol. The minimum atomic E-state index is 0.551. The molecular weight excluding hydrogens is 230 g/mol. The topological polar surface area (TPSA) is 51.8 Å². The van der Waals surface area contributed by atoms with E-state index >= 15 is 0 Å². The van der Waals surface area contributed by atoms with Crippen molar-refractivity contribution in [3.63, 3.8) is 0 Å². The molecule has 0 aliphatic rings. The summed E-state index contributed by atoms with van der Waals surface area (Å²) in [7, 11) is 0. The van der Waals surface area contributed by atoms with Gasteiger partial charge in [-0.3, -0.25) is 0 Å². The van der Waals surface area contributed by atoms with Gasteiger partial charge < -0.3 is 5.73 Å². The van der Waals surface area contributed by atoms with Gasteiger partial charge in [0.2, 0.25) is 0 Å². The summed E-state index contributed by atoms with van der Waals surface area (Å²) in [6, 6.07) is 9.91. The lowest BCUT2D eigenvalue weighted by molar-refractivity contribution is 1.30. The summed E-state index contributed by atoms with van der Waals surface area (Å²) in [5.74, 6) is 0.551. The molecule has 0 aliphatic heterocycles. The van der Waals surface area contributed by atoms with E-state index in [1.165, 1.54) is 0 Å². The lowest BCUT2D eigenvalue weighted by Crippen LogP contribution is -1.89. The van der Waals surface area contributed by atoms with Gasteiger partial charge in [-0.05, 0) is 31.2 Å². The number of aromatic nitrogens is 2. The number of pyridine rings is 1. The normalized spacial score (nSPS) is 10.9. The van der Waals surface area contributed by atoms with Gasteiger partial charge in [-0.2, -0.15) is 0 Å². The summed E-state index contributed by atoms with van der Waals surface area (Å²) in [6.45, 7) is 2.01. The highest BCUT2D eigenvalue weighted by atomic mass is 32.1. The van der Waals surface area contributed by atoms with Crippen LogP contribution in [0.2, 0.25) is 0 Å². The molecule has 2 N–H and O–H groups in total. The maximum absolute atomic E-state index is 5.65. The van der Waals surface area contributed by atoms with Crippen LogP contribution in [-0.2, 0) is 0 Å². The van der Waals surface area contributed by atoms with Crippen molar-refractivity contribution < 1.29 is 0 Å². The van der Waals surface area contributed by atoms with Gasteiger partial charge in [-0.15, -0.1) is 11.3 Å². The van der Waals surface area contributed by atoms with Gasteiger partial charge in [-0.1, -0.05) is 6.07 Å². The molecule has 0 unspecified atom stereocenters. The SMILES string of the molecule is Cc1nc(-c2ccc3nc(N)ccc3c2)cs1. The van der Waals surface area contributed by atoms with Crippen LogP contribution < -0.4 is 5.73 Å². The molecule has 0 fully saturated rings. The van der Waals surface area contributed by atoms with Gasteiger partial charge in [0.25, 0.3) is 0 Å². The molecule has 0 aliphatic carbocycles. The second kappa shape index (κ2) is 3.82. The van der Waals surface area contributed by atoms with Crippen LogP contribution in [0.1, 0.15) is 5.01 Å². The number of nitrogen functional groups attached to an aromatic ring is 1. The van der Waals surface area contributed by atoms with Crippen molar-refractivity contribution in [2.75, 3.05) is 5.73 Å². The number of nitrogens with zero attached hydrogens (tertiary/aromatic N) is 2. The number of hydrogen-bond acceptors (Lipinski definition) is 4. The van der Waals surface area contributed by atoms with Gasteiger partial charge in [0.05, 0.1) is 16.2 Å². The summed E-state index contributed by atoms with van der Waals surface area (Å²) in [6.07, 6.45) is 0. The number of aryl methyl sites for hydroxylation is 1. The molecule has 3 rings (SSSR count). The second-order valence-corrected chi connectivity index (χ2v) is 4.96. The summed E-state index contributed by atoms with van der Waals surface area (Å²) in [5.41, 5.74) is 8.71. The van der Waals surface area contributed by atoms with Gasteiger partial charge in [0.15, 0.2) is 0 Å². The van der Waals surface area contributed by atoms with Crippen LogP contribution in [0.3, 0.4) is 0 Å². The molecule has 84 valence electrons. The zero-order valence-corrected chi connectivity index (χ0v) is 10.2. The number of rotatable bonds is 1. The van der Waals surface area contributed by atoms with Crippen LogP contribution in [-0.4, -0.2) is 9.97 Å². The third-order valence-corrected chi connectivity index (χ3v) is 3.40. The molecule has 2 aromatic heterocycles. The van der Waals surface area contributed by atoms with Crippen LogP contribution in [0, 0.1) is 6.92 Å². The maximum Gasteiger partial charge on any atom is 0.124 e. The lowest BCUT2D eigenvalue weighted by Gasteiger charge is -2.01. The van der Waals surface area contributed by atoms with Gasteiger partial charge in [0, 0.05) is 16.3 Å². The number of anilines is 1. The molecule has 3 aromatic rings. The van der Waals surface area contributed by atoms with Gasteiger partial charge >= 0.3 is 0 Å². The van der Waals surface area contributed by atoms with Crippen LogP contribution >= 0.6 is 11.3 Å². The van der Waals surface area contributed by atoms with E-state index in [-0.39, 0.29) is 0 Å². The largest absolute Gasteiger partial charge is 0.384 e. The van der Waals surface area contributed by atoms with Crippen LogP contribution in [0.5, 0.6) is 0 Å². The van der Waals surface area contributed by atoms with Crippen molar-refractivity contribution in [2.45, 2.75) is 6.92 Å². The Morgan fingerprint density at radius 3 is 2.76 bits per heavy atom. The molecule has 17 heavy (non-hydrogen) atoms. The molecule has 0 saturated heterocycles. The molecule has 0 radical (unpaired) electrons. The van der Waals surface area contributed by atoms with Crippen molar-refractivity contribution in [3.8, 4) is 11.3 Å². The number of hydrogen-bond donors (Lipinski definition) is 1. The van der Waals surface area contributed by atoms with E-state index < -0.39 is 0 Å². The molecule has 0 bridgehead atoms. The van der Waals surface area contributed by atoms with Crippen LogP contribution in [0.15, 0.2) is 35.7 Å². The minimum Gasteiger partial charge on any atom is -0.384 e. The molecule has 0 atom stereocenters. The zero-order valence-electron chi connectivity index (χ0n) is 9.34. The standard InChI is InChI=1S/C13H11N3S/c1-8-15-12(7-17-8)10-2-4-11-9(6-10)3-5-13(14)16-11/h2-7H,1H3,(H2,14,16). The smallest absolute Gasteiger partial charge is 0.124 e. The van der Waals surface area contributed by atoms with Crippen molar-refractivity contribution in [3.05, 3.63) is 40.7 Å². The Morgan fingerprint density at radius 1 is 1.12 bits per heavy atom. The monoisotopic (exact) mass is 241 g/mol. The van der Waals surface area contributed by atoms with E-state index in [2.05, 4.69) is 21.4 Å². The number of thiazole rings is 1. The minimum absolute atomic E-state index is 0.551. The highest BCUT2D eigenvalue weighted by Gasteiger charge is 2.03. The van der Waals surface area contributed by atoms with E-state index in [9.17, 15) is 0 Å². The molecule has 2 heterocycles. The fourth-order valence-corrected chi connectivity index (χ4v) is 2.42. The Morgan fingerprint density at radius 2 is 2.00 bits per heavy atom. The molecule has 0 saturated carbocycles. The van der Waals surface area contributed by atoms with E-state index in [1.54, 1.807) is 11.3 Å². The van der Waals surface area contributed by atoms with Crippen molar-refractivity contribution in [1.82, 2.24) is 9.97 Å². The lowest BCUT2D eigenvalue weighted by atomic mass is 10.1. The van der Waals surface area contributed by atoms with Gasteiger partial charge in [0.1, 0.15) is 5.82 Å².